The second-order valence-corrected chi connectivity index (χ2v) is 10.4. The average molecular weight is 456 g/mol. The number of furan rings is 1. The van der Waals surface area contributed by atoms with Gasteiger partial charge in [-0.15, -0.1) is 0 Å². The fraction of sp³-hybridized carbons (Fsp3) is 0.0455. The van der Waals surface area contributed by atoms with Gasteiger partial charge in [-0.25, -0.2) is 22.0 Å². The Bertz CT molecular complexity index is 1500. The number of fused-ring (bicyclic) bond motifs is 1. The molecule has 0 saturated heterocycles. The average Bonchev–Trinajstić information content (AvgIpc) is 3.17. The maximum absolute atomic E-state index is 12.8. The van der Waals surface area contributed by atoms with Crippen LogP contribution in [-0.4, -0.2) is 28.4 Å². The van der Waals surface area contributed by atoms with E-state index < -0.39 is 41.2 Å². The molecule has 9 heteroatoms. The zero-order chi connectivity index (χ0) is 22.2. The lowest BCUT2D eigenvalue weighted by molar-refractivity contribution is 0.102. The lowest BCUT2D eigenvalue weighted by Crippen LogP contribution is -2.21. The molecule has 4 rings (SSSR count). The van der Waals surface area contributed by atoms with Crippen LogP contribution >= 0.6 is 0 Å². The lowest BCUT2D eigenvalue weighted by Gasteiger charge is -2.08. The standard InChI is InChI=1S/C22H17NO6S2/c23-31(27,28)22-9-5-4-8-21(22)30(25,26)14-18(24)16-10-11-17-13-19(29-20(17)12-16)15-6-2-1-3-7-15/h1-13H,14H2,(H2,23,27,28). The number of primary sulfonamides is 1. The van der Waals surface area contributed by atoms with Crippen molar-refractivity contribution in [2.75, 3.05) is 5.75 Å². The normalized spacial score (nSPS) is 12.2. The van der Waals surface area contributed by atoms with E-state index in [0.717, 1.165) is 23.1 Å². The summed E-state index contributed by atoms with van der Waals surface area (Å²) in [5.41, 5.74) is 1.44. The fourth-order valence-electron chi connectivity index (χ4n) is 3.23. The van der Waals surface area contributed by atoms with Gasteiger partial charge in [0, 0.05) is 16.5 Å². The van der Waals surface area contributed by atoms with Gasteiger partial charge in [-0.1, -0.05) is 54.6 Å². The van der Waals surface area contributed by atoms with Gasteiger partial charge in [0.25, 0.3) is 0 Å². The molecule has 3 aromatic carbocycles. The number of hydrogen-bond acceptors (Lipinski definition) is 6. The van der Waals surface area contributed by atoms with Crippen molar-refractivity contribution in [3.05, 3.63) is 84.4 Å². The molecule has 0 aliphatic rings. The van der Waals surface area contributed by atoms with Gasteiger partial charge in [0.2, 0.25) is 10.0 Å². The van der Waals surface area contributed by atoms with E-state index >= 15 is 0 Å². The monoisotopic (exact) mass is 455 g/mol. The van der Waals surface area contributed by atoms with E-state index in [9.17, 15) is 21.6 Å². The summed E-state index contributed by atoms with van der Waals surface area (Å²) in [6.45, 7) is 0. The third-order valence-corrected chi connectivity index (χ3v) is 7.48. The highest BCUT2D eigenvalue weighted by Crippen LogP contribution is 2.29. The van der Waals surface area contributed by atoms with Crippen LogP contribution in [-0.2, 0) is 19.9 Å². The Balaban J connectivity index is 1.66. The Kier molecular flexibility index (Phi) is 5.26. The minimum atomic E-state index is -4.27. The summed E-state index contributed by atoms with van der Waals surface area (Å²) in [6, 6.07) is 20.8. The third kappa shape index (κ3) is 4.29. The lowest BCUT2D eigenvalue weighted by atomic mass is 10.1. The first-order valence-corrected chi connectivity index (χ1v) is 12.3. The number of benzene rings is 3. The summed E-state index contributed by atoms with van der Waals surface area (Å²) in [4.78, 5) is 11.7. The van der Waals surface area contributed by atoms with Gasteiger partial charge < -0.3 is 4.42 Å². The first kappa shape index (κ1) is 21.0. The van der Waals surface area contributed by atoms with Gasteiger partial charge >= 0.3 is 0 Å². The molecule has 0 amide bonds. The molecule has 0 fully saturated rings. The van der Waals surface area contributed by atoms with Gasteiger partial charge in [0.1, 0.15) is 22.0 Å². The van der Waals surface area contributed by atoms with Crippen LogP contribution in [0.1, 0.15) is 10.4 Å². The minimum absolute atomic E-state index is 0.137. The topological polar surface area (TPSA) is 125 Å². The van der Waals surface area contributed by atoms with Gasteiger partial charge in [-0.2, -0.15) is 0 Å². The van der Waals surface area contributed by atoms with Crippen LogP contribution < -0.4 is 5.14 Å². The van der Waals surface area contributed by atoms with Crippen LogP contribution in [0.5, 0.6) is 0 Å². The summed E-state index contributed by atoms with van der Waals surface area (Å²) < 4.78 is 54.8. The van der Waals surface area contributed by atoms with Crippen molar-refractivity contribution in [2.24, 2.45) is 5.14 Å². The minimum Gasteiger partial charge on any atom is -0.456 e. The number of sulfonamides is 1. The molecule has 0 bridgehead atoms. The summed E-state index contributed by atoms with van der Waals surface area (Å²) in [5.74, 6) is -0.976. The van der Waals surface area contributed by atoms with Gasteiger partial charge in [0.15, 0.2) is 15.6 Å². The van der Waals surface area contributed by atoms with Gasteiger partial charge in [0.05, 0.1) is 4.90 Å². The molecule has 1 heterocycles. The van der Waals surface area contributed by atoms with Crippen molar-refractivity contribution in [1.29, 1.82) is 0 Å². The van der Waals surface area contributed by atoms with Crippen LogP contribution in [0, 0.1) is 0 Å². The van der Waals surface area contributed by atoms with E-state index in [1.54, 1.807) is 6.07 Å². The molecule has 0 saturated carbocycles. The molecular weight excluding hydrogens is 438 g/mol. The van der Waals surface area contributed by atoms with Crippen molar-refractivity contribution in [1.82, 2.24) is 0 Å². The molecule has 0 aliphatic carbocycles. The Morgan fingerprint density at radius 1 is 0.806 bits per heavy atom. The number of sulfone groups is 1. The third-order valence-electron chi connectivity index (χ3n) is 4.71. The van der Waals surface area contributed by atoms with E-state index in [-0.39, 0.29) is 5.56 Å². The van der Waals surface area contributed by atoms with Crippen LogP contribution in [0.4, 0.5) is 0 Å². The molecule has 7 nitrogen and oxygen atoms in total. The first-order chi connectivity index (χ1) is 14.6. The summed E-state index contributed by atoms with van der Waals surface area (Å²) >= 11 is 0. The molecule has 0 radical (unpaired) electrons. The molecule has 2 N–H and O–H groups in total. The first-order valence-electron chi connectivity index (χ1n) is 9.12. The number of hydrogen-bond donors (Lipinski definition) is 1. The Morgan fingerprint density at radius 3 is 2.13 bits per heavy atom. The van der Waals surface area contributed by atoms with Gasteiger partial charge in [-0.05, 0) is 24.3 Å². The van der Waals surface area contributed by atoms with Crippen LogP contribution in [0.15, 0.2) is 93.1 Å². The summed E-state index contributed by atoms with van der Waals surface area (Å²) in [7, 11) is -8.53. The largest absolute Gasteiger partial charge is 0.456 e. The zero-order valence-corrected chi connectivity index (χ0v) is 17.7. The van der Waals surface area contributed by atoms with Crippen LogP contribution in [0.3, 0.4) is 0 Å². The second kappa shape index (κ2) is 7.77. The molecule has 0 atom stereocenters. The highest BCUT2D eigenvalue weighted by Gasteiger charge is 2.27. The fourth-order valence-corrected chi connectivity index (χ4v) is 5.90. The maximum atomic E-state index is 12.8. The number of Topliss-reactive ketones (excluding diaryl/α,β-unsaturated/α-hetero) is 1. The number of ketones is 1. The van der Waals surface area contributed by atoms with Crippen molar-refractivity contribution < 1.29 is 26.0 Å². The highest BCUT2D eigenvalue weighted by molar-refractivity contribution is 7.94. The Morgan fingerprint density at radius 2 is 1.45 bits per heavy atom. The quantitative estimate of drug-likeness (QED) is 0.444. The molecular formula is C22H17NO6S2. The van der Waals surface area contributed by atoms with E-state index in [0.29, 0.717) is 11.3 Å². The number of carbonyl (C=O) groups excluding carboxylic acids is 1. The Hall–Kier alpha value is -3.27. The second-order valence-electron chi connectivity index (χ2n) is 6.90. The van der Waals surface area contributed by atoms with Crippen molar-refractivity contribution in [2.45, 2.75) is 9.79 Å². The zero-order valence-electron chi connectivity index (χ0n) is 16.1. The molecule has 0 unspecified atom stereocenters. The van der Waals surface area contributed by atoms with Crippen LogP contribution in [0.25, 0.3) is 22.3 Å². The molecule has 31 heavy (non-hydrogen) atoms. The van der Waals surface area contributed by atoms with E-state index in [1.807, 2.05) is 36.4 Å². The predicted molar refractivity (Wildman–Crippen MR) is 116 cm³/mol. The molecule has 4 aromatic rings. The van der Waals surface area contributed by atoms with E-state index in [2.05, 4.69) is 0 Å². The SMILES string of the molecule is NS(=O)(=O)c1ccccc1S(=O)(=O)CC(=O)c1ccc2cc(-c3ccccc3)oc2c1. The number of carbonyl (C=O) groups is 1. The highest BCUT2D eigenvalue weighted by atomic mass is 32.2. The summed E-state index contributed by atoms with van der Waals surface area (Å²) in [5, 5.41) is 5.88. The van der Waals surface area contributed by atoms with E-state index in [4.69, 9.17) is 9.56 Å². The molecule has 0 spiro atoms. The predicted octanol–water partition coefficient (Wildman–Crippen LogP) is 3.40. The summed E-state index contributed by atoms with van der Waals surface area (Å²) in [6.07, 6.45) is 0. The Labute approximate surface area is 179 Å². The van der Waals surface area contributed by atoms with Crippen molar-refractivity contribution in [3.63, 3.8) is 0 Å². The smallest absolute Gasteiger partial charge is 0.239 e. The number of nitrogens with two attached hydrogens (primary N) is 1. The van der Waals surface area contributed by atoms with Gasteiger partial charge in [-0.3, -0.25) is 4.79 Å². The van der Waals surface area contributed by atoms with Crippen molar-refractivity contribution >= 4 is 36.6 Å². The molecule has 1 aromatic heterocycles. The maximum Gasteiger partial charge on any atom is 0.239 e. The molecule has 158 valence electrons. The van der Waals surface area contributed by atoms with E-state index in [1.165, 1.54) is 24.3 Å². The van der Waals surface area contributed by atoms with Crippen LogP contribution in [0.2, 0.25) is 0 Å². The van der Waals surface area contributed by atoms with Crippen molar-refractivity contribution in [3.8, 4) is 11.3 Å². The molecule has 0 aliphatic heterocycles. The number of rotatable bonds is 6.